The van der Waals surface area contributed by atoms with Crippen LogP contribution >= 0.6 is 0 Å². The highest BCUT2D eigenvalue weighted by Gasteiger charge is 2.28. The van der Waals surface area contributed by atoms with Crippen molar-refractivity contribution in [3.63, 3.8) is 0 Å². The maximum Gasteiger partial charge on any atom is 0.242 e. The molecule has 0 aromatic heterocycles. The number of hydrogen-bond acceptors (Lipinski definition) is 4. The topological polar surface area (TPSA) is 74.8 Å². The first-order valence-corrected chi connectivity index (χ1v) is 11.0. The summed E-state index contributed by atoms with van der Waals surface area (Å²) in [7, 11) is -0.624. The largest absolute Gasteiger partial charge is 0.312 e. The number of rotatable bonds is 6. The van der Waals surface area contributed by atoms with E-state index in [-0.39, 0.29) is 29.4 Å². The predicted octanol–water partition coefficient (Wildman–Crippen LogP) is 3.11. The molecule has 0 saturated carbocycles. The second kappa shape index (κ2) is 8.08. The van der Waals surface area contributed by atoms with E-state index in [0.717, 1.165) is 21.0 Å². The Kier molecular flexibility index (Phi) is 5.91. The van der Waals surface area contributed by atoms with Crippen molar-refractivity contribution in [3.05, 3.63) is 58.7 Å². The number of aryl methyl sites for hydroxylation is 2. The van der Waals surface area contributed by atoms with E-state index in [0.29, 0.717) is 24.2 Å². The number of hydrogen-bond donors (Lipinski definition) is 0. The van der Waals surface area contributed by atoms with Gasteiger partial charge in [-0.15, -0.1) is 0 Å². The third kappa shape index (κ3) is 4.26. The van der Waals surface area contributed by atoms with Gasteiger partial charge in [0.05, 0.1) is 4.90 Å². The Balaban J connectivity index is 1.74. The highest BCUT2D eigenvalue weighted by atomic mass is 32.2. The monoisotopic (exact) mass is 414 g/mol. The number of carbonyl (C=O) groups is 2. The molecular weight excluding hydrogens is 388 g/mol. The van der Waals surface area contributed by atoms with Crippen molar-refractivity contribution in [3.8, 4) is 0 Å². The van der Waals surface area contributed by atoms with Gasteiger partial charge in [-0.2, -0.15) is 0 Å². The van der Waals surface area contributed by atoms with Gasteiger partial charge >= 0.3 is 0 Å². The number of fused-ring (bicyclic) bond motifs is 1. The smallest absolute Gasteiger partial charge is 0.242 e. The van der Waals surface area contributed by atoms with Gasteiger partial charge in [-0.25, -0.2) is 12.7 Å². The van der Waals surface area contributed by atoms with E-state index in [1.54, 1.807) is 29.2 Å². The molecule has 0 atom stereocenters. The molecule has 0 N–H and O–H groups in total. The average Bonchev–Trinajstić information content (AvgIpc) is 3.11. The Labute approximate surface area is 172 Å². The van der Waals surface area contributed by atoms with Crippen molar-refractivity contribution >= 4 is 27.4 Å². The summed E-state index contributed by atoms with van der Waals surface area (Å²) in [5.74, 6) is -0.231. The van der Waals surface area contributed by atoms with Crippen LogP contribution in [0.1, 0.15) is 39.9 Å². The Morgan fingerprint density at radius 3 is 2.38 bits per heavy atom. The summed E-state index contributed by atoms with van der Waals surface area (Å²) in [6.45, 7) is 4.44. The number of nitrogens with zero attached hydrogens (tertiary/aromatic N) is 2. The Hall–Kier alpha value is -2.51. The summed E-state index contributed by atoms with van der Waals surface area (Å²) in [6, 6.07) is 10.4. The first-order valence-electron chi connectivity index (χ1n) is 9.57. The molecule has 0 bridgehead atoms. The number of ketones is 1. The summed E-state index contributed by atoms with van der Waals surface area (Å²) in [6.07, 6.45) is 0.896. The summed E-state index contributed by atoms with van der Waals surface area (Å²) in [5.41, 5.74) is 4.34. The molecule has 1 heterocycles. The summed E-state index contributed by atoms with van der Waals surface area (Å²) < 4.78 is 26.0. The van der Waals surface area contributed by atoms with Gasteiger partial charge < -0.3 is 4.90 Å². The van der Waals surface area contributed by atoms with Crippen molar-refractivity contribution < 1.29 is 18.0 Å². The van der Waals surface area contributed by atoms with Crippen molar-refractivity contribution in [1.82, 2.24) is 4.31 Å². The number of benzene rings is 2. The molecule has 6 nitrogen and oxygen atoms in total. The fraction of sp³-hybridized carbons (Fsp3) is 0.364. The molecule has 0 unspecified atom stereocenters. The third-order valence-electron chi connectivity index (χ3n) is 5.43. The van der Waals surface area contributed by atoms with Gasteiger partial charge in [0.25, 0.3) is 0 Å². The molecule has 0 spiro atoms. The lowest BCUT2D eigenvalue weighted by molar-refractivity contribution is -0.118. The highest BCUT2D eigenvalue weighted by Crippen LogP contribution is 2.32. The van der Waals surface area contributed by atoms with Crippen LogP contribution < -0.4 is 4.90 Å². The van der Waals surface area contributed by atoms with Crippen LogP contribution in [-0.2, 0) is 21.2 Å². The van der Waals surface area contributed by atoms with Crippen LogP contribution in [0.2, 0.25) is 0 Å². The van der Waals surface area contributed by atoms with Crippen molar-refractivity contribution in [1.29, 1.82) is 0 Å². The molecule has 0 radical (unpaired) electrons. The Morgan fingerprint density at radius 1 is 1.00 bits per heavy atom. The molecule has 1 aliphatic rings. The predicted molar refractivity (Wildman–Crippen MR) is 113 cm³/mol. The van der Waals surface area contributed by atoms with Crippen LogP contribution in [0.5, 0.6) is 0 Å². The molecule has 7 heteroatoms. The molecule has 154 valence electrons. The minimum absolute atomic E-state index is 0.0650. The Morgan fingerprint density at radius 2 is 1.72 bits per heavy atom. The van der Waals surface area contributed by atoms with Crippen LogP contribution in [0.15, 0.2) is 41.3 Å². The number of amides is 1. The first kappa shape index (κ1) is 21.2. The molecule has 2 aromatic rings. The van der Waals surface area contributed by atoms with Gasteiger partial charge in [0.2, 0.25) is 15.9 Å². The second-order valence-electron chi connectivity index (χ2n) is 7.60. The van der Waals surface area contributed by atoms with E-state index in [1.807, 2.05) is 26.0 Å². The highest BCUT2D eigenvalue weighted by molar-refractivity contribution is 7.89. The maximum atomic E-state index is 12.8. The molecule has 0 saturated heterocycles. The number of carbonyl (C=O) groups excluding carboxylic acids is 2. The number of anilines is 1. The van der Waals surface area contributed by atoms with E-state index in [4.69, 9.17) is 0 Å². The van der Waals surface area contributed by atoms with Crippen molar-refractivity contribution in [2.45, 2.75) is 38.0 Å². The minimum Gasteiger partial charge on any atom is -0.312 e. The van der Waals surface area contributed by atoms with Gasteiger partial charge in [-0.1, -0.05) is 18.2 Å². The van der Waals surface area contributed by atoms with Crippen LogP contribution in [0, 0.1) is 13.8 Å². The fourth-order valence-corrected chi connectivity index (χ4v) is 4.33. The Bertz CT molecular complexity index is 1070. The molecule has 0 fully saturated rings. The van der Waals surface area contributed by atoms with E-state index in [9.17, 15) is 18.0 Å². The van der Waals surface area contributed by atoms with Gasteiger partial charge in [0.1, 0.15) is 0 Å². The van der Waals surface area contributed by atoms with Gasteiger partial charge in [0.15, 0.2) is 5.78 Å². The molecule has 3 rings (SSSR count). The fourth-order valence-electron chi connectivity index (χ4n) is 3.40. The summed E-state index contributed by atoms with van der Waals surface area (Å²) in [4.78, 5) is 27.0. The average molecular weight is 415 g/mol. The molecule has 0 aliphatic carbocycles. The molecule has 1 amide bonds. The van der Waals surface area contributed by atoms with Gasteiger partial charge in [-0.05, 0) is 55.2 Å². The molecular formula is C22H26N2O4S. The maximum absolute atomic E-state index is 12.8. The quantitative estimate of drug-likeness (QED) is 0.681. The summed E-state index contributed by atoms with van der Waals surface area (Å²) in [5, 5.41) is 0. The van der Waals surface area contributed by atoms with E-state index in [2.05, 4.69) is 0 Å². The molecule has 29 heavy (non-hydrogen) atoms. The zero-order valence-electron chi connectivity index (χ0n) is 17.2. The van der Waals surface area contributed by atoms with Crippen molar-refractivity contribution in [2.24, 2.45) is 0 Å². The number of Topliss-reactive ketones (excluding diaryl/α,β-unsaturated/α-hetero) is 1. The van der Waals surface area contributed by atoms with Crippen LogP contribution in [0.4, 0.5) is 5.69 Å². The summed E-state index contributed by atoms with van der Waals surface area (Å²) >= 11 is 0. The second-order valence-corrected chi connectivity index (χ2v) is 9.75. The van der Waals surface area contributed by atoms with Gasteiger partial charge in [-0.3, -0.25) is 9.59 Å². The van der Waals surface area contributed by atoms with E-state index in [1.165, 1.54) is 14.1 Å². The molecule has 1 aliphatic heterocycles. The lowest BCUT2D eigenvalue weighted by Crippen LogP contribution is -2.29. The zero-order valence-corrected chi connectivity index (χ0v) is 18.0. The van der Waals surface area contributed by atoms with Gasteiger partial charge in [0, 0.05) is 44.7 Å². The lowest BCUT2D eigenvalue weighted by atomic mass is 10.0. The van der Waals surface area contributed by atoms with Crippen LogP contribution in [0.25, 0.3) is 0 Å². The SMILES string of the molecule is Cc1ccc(C(=O)CCC(=O)N2CCc3ccc(S(=O)(=O)N(C)C)cc32)cc1C. The zero-order chi connectivity index (χ0) is 21.3. The third-order valence-corrected chi connectivity index (χ3v) is 7.24. The number of sulfonamides is 1. The lowest BCUT2D eigenvalue weighted by Gasteiger charge is -2.19. The first-order chi connectivity index (χ1) is 13.6. The normalized spacial score (nSPS) is 13.6. The molecule has 2 aromatic carbocycles. The van der Waals surface area contributed by atoms with Crippen molar-refractivity contribution in [2.75, 3.05) is 25.5 Å². The van der Waals surface area contributed by atoms with Crippen LogP contribution in [-0.4, -0.2) is 45.1 Å². The van der Waals surface area contributed by atoms with E-state index < -0.39 is 10.0 Å². The standard InChI is InChI=1S/C22H26N2O4S/c1-15-5-6-18(13-16(15)2)21(25)9-10-22(26)24-12-11-17-7-8-19(14-20(17)24)29(27,28)23(3)4/h5-8,13-14H,9-12H2,1-4H3. The van der Waals surface area contributed by atoms with Crippen LogP contribution in [0.3, 0.4) is 0 Å². The van der Waals surface area contributed by atoms with E-state index >= 15 is 0 Å². The minimum atomic E-state index is -3.58.